The lowest BCUT2D eigenvalue weighted by Crippen LogP contribution is -2.10. The normalized spacial score (nSPS) is 11.5. The van der Waals surface area contributed by atoms with E-state index in [1.54, 1.807) is 10.7 Å². The Hall–Kier alpha value is -3.23. The average molecular weight is 390 g/mol. The summed E-state index contributed by atoms with van der Waals surface area (Å²) in [4.78, 5) is 4.74. The van der Waals surface area contributed by atoms with Crippen molar-refractivity contribution in [1.82, 2.24) is 14.6 Å². The molecular formula is C22H20ClN5. The first-order valence-electron chi connectivity index (χ1n) is 9.01. The summed E-state index contributed by atoms with van der Waals surface area (Å²) in [5.41, 5.74) is 4.87. The van der Waals surface area contributed by atoms with Gasteiger partial charge in [0, 0.05) is 11.8 Å². The second kappa shape index (κ2) is 6.74. The number of aromatic amines is 1. The summed E-state index contributed by atoms with van der Waals surface area (Å²) in [6.45, 7) is 6.56. The first-order valence-corrected chi connectivity index (χ1v) is 9.38. The van der Waals surface area contributed by atoms with E-state index in [1.807, 2.05) is 24.3 Å². The van der Waals surface area contributed by atoms with Crippen LogP contribution < -0.4 is 5.32 Å². The van der Waals surface area contributed by atoms with E-state index in [0.29, 0.717) is 16.2 Å². The third kappa shape index (κ3) is 3.12. The Balaban J connectivity index is 1.87. The number of benzene rings is 2. The van der Waals surface area contributed by atoms with Crippen LogP contribution in [-0.2, 0) is 5.41 Å². The van der Waals surface area contributed by atoms with E-state index in [1.165, 1.54) is 5.56 Å². The molecule has 0 unspecified atom stereocenters. The van der Waals surface area contributed by atoms with Gasteiger partial charge in [-0.2, -0.15) is 5.26 Å². The molecule has 4 aromatic rings. The van der Waals surface area contributed by atoms with E-state index in [2.05, 4.69) is 61.5 Å². The van der Waals surface area contributed by atoms with Gasteiger partial charge >= 0.3 is 0 Å². The fourth-order valence-corrected chi connectivity index (χ4v) is 3.32. The monoisotopic (exact) mass is 389 g/mol. The number of hydrogen-bond donors (Lipinski definition) is 2. The largest absolute Gasteiger partial charge is 0.337 e. The number of imidazole rings is 1. The van der Waals surface area contributed by atoms with Gasteiger partial charge in [-0.25, -0.2) is 9.50 Å². The molecule has 0 aliphatic rings. The molecule has 28 heavy (non-hydrogen) atoms. The van der Waals surface area contributed by atoms with Crippen molar-refractivity contribution in [3.63, 3.8) is 0 Å². The molecule has 6 heteroatoms. The van der Waals surface area contributed by atoms with Crippen LogP contribution in [0, 0.1) is 11.3 Å². The van der Waals surface area contributed by atoms with Crippen LogP contribution in [0.4, 0.5) is 11.5 Å². The van der Waals surface area contributed by atoms with Gasteiger partial charge in [-0.05, 0) is 23.1 Å². The number of rotatable bonds is 3. The Bertz CT molecular complexity index is 1190. The molecule has 0 fully saturated rings. The van der Waals surface area contributed by atoms with Gasteiger partial charge in [-0.3, -0.25) is 5.10 Å². The summed E-state index contributed by atoms with van der Waals surface area (Å²) >= 11 is 6.34. The van der Waals surface area contributed by atoms with Gasteiger partial charge in [-0.1, -0.05) is 68.8 Å². The van der Waals surface area contributed by atoms with Crippen LogP contribution >= 0.6 is 11.6 Å². The second-order valence-electron chi connectivity index (χ2n) is 7.70. The molecule has 2 N–H and O–H groups in total. The third-order valence-corrected chi connectivity index (χ3v) is 5.06. The highest BCUT2D eigenvalue weighted by Gasteiger charge is 2.20. The molecule has 0 aliphatic carbocycles. The fourth-order valence-electron chi connectivity index (χ4n) is 3.14. The number of aromatic nitrogens is 3. The Labute approximate surface area is 168 Å². The Morgan fingerprint density at radius 2 is 1.82 bits per heavy atom. The zero-order valence-electron chi connectivity index (χ0n) is 15.9. The Morgan fingerprint density at radius 3 is 2.46 bits per heavy atom. The summed E-state index contributed by atoms with van der Waals surface area (Å²) in [7, 11) is 0. The predicted octanol–water partition coefficient (Wildman–Crippen LogP) is 5.90. The molecule has 0 saturated carbocycles. The summed E-state index contributed by atoms with van der Waals surface area (Å²) in [5, 5.41) is 16.5. The highest BCUT2D eigenvalue weighted by molar-refractivity contribution is 6.33. The lowest BCUT2D eigenvalue weighted by atomic mass is 9.86. The molecule has 0 radical (unpaired) electrons. The second-order valence-corrected chi connectivity index (χ2v) is 8.11. The third-order valence-electron chi connectivity index (χ3n) is 4.73. The van der Waals surface area contributed by atoms with Crippen molar-refractivity contribution in [2.45, 2.75) is 26.2 Å². The highest BCUT2D eigenvalue weighted by atomic mass is 35.5. The quantitative estimate of drug-likeness (QED) is 0.458. The topological polar surface area (TPSA) is 68.9 Å². The van der Waals surface area contributed by atoms with E-state index in [-0.39, 0.29) is 5.41 Å². The number of nitrogens with one attached hydrogen (secondary N) is 2. The van der Waals surface area contributed by atoms with Crippen molar-refractivity contribution in [3.05, 3.63) is 70.9 Å². The molecule has 2 aromatic heterocycles. The van der Waals surface area contributed by atoms with E-state index >= 15 is 0 Å². The summed E-state index contributed by atoms with van der Waals surface area (Å²) in [6.07, 6.45) is 1.65. The summed E-state index contributed by atoms with van der Waals surface area (Å²) in [6, 6.07) is 18.1. The fraction of sp³-hybridized carbons (Fsp3) is 0.182. The highest BCUT2D eigenvalue weighted by Crippen LogP contribution is 2.34. The van der Waals surface area contributed by atoms with Crippen LogP contribution in [0.15, 0.2) is 54.7 Å². The number of fused-ring (bicyclic) bond motifs is 1. The Kier molecular flexibility index (Phi) is 4.37. The molecule has 4 rings (SSSR count). The van der Waals surface area contributed by atoms with Gasteiger partial charge in [-0.15, -0.1) is 0 Å². The first kappa shape index (κ1) is 18.1. The number of para-hydroxylation sites is 1. The maximum atomic E-state index is 9.39. The molecule has 5 nitrogen and oxygen atoms in total. The van der Waals surface area contributed by atoms with Gasteiger partial charge in [0.15, 0.2) is 11.5 Å². The molecule has 140 valence electrons. The molecule has 2 heterocycles. The minimum atomic E-state index is 0.0748. The van der Waals surface area contributed by atoms with Gasteiger partial charge in [0.1, 0.15) is 17.3 Å². The zero-order chi connectivity index (χ0) is 19.9. The van der Waals surface area contributed by atoms with Gasteiger partial charge < -0.3 is 5.32 Å². The van der Waals surface area contributed by atoms with Crippen molar-refractivity contribution in [2.24, 2.45) is 0 Å². The van der Waals surface area contributed by atoms with E-state index in [0.717, 1.165) is 22.8 Å². The maximum Gasteiger partial charge on any atom is 0.173 e. The molecule has 0 spiro atoms. The molecule has 0 saturated heterocycles. The van der Waals surface area contributed by atoms with Crippen LogP contribution in [0.25, 0.3) is 16.9 Å². The minimum Gasteiger partial charge on any atom is -0.337 e. The first-order chi connectivity index (χ1) is 13.4. The SMILES string of the molecule is CC(C)(C)c1ccc(-c2nc3c(C#N)c[nH]n3c2Nc2ccccc2Cl)cc1. The lowest BCUT2D eigenvalue weighted by Gasteiger charge is -2.19. The molecule has 0 amide bonds. The number of anilines is 2. The van der Waals surface area contributed by atoms with Crippen molar-refractivity contribution in [1.29, 1.82) is 5.26 Å². The van der Waals surface area contributed by atoms with Crippen molar-refractivity contribution in [3.8, 4) is 17.3 Å². The van der Waals surface area contributed by atoms with E-state index in [9.17, 15) is 5.26 Å². The van der Waals surface area contributed by atoms with Crippen LogP contribution in [0.3, 0.4) is 0 Å². The summed E-state index contributed by atoms with van der Waals surface area (Å²) < 4.78 is 1.77. The van der Waals surface area contributed by atoms with Gasteiger partial charge in [0.2, 0.25) is 0 Å². The molecule has 0 aliphatic heterocycles. The van der Waals surface area contributed by atoms with Crippen LogP contribution in [-0.4, -0.2) is 14.6 Å². The molecule has 0 bridgehead atoms. The molecule has 2 aromatic carbocycles. The average Bonchev–Trinajstić information content (AvgIpc) is 3.23. The number of hydrogen-bond acceptors (Lipinski definition) is 3. The lowest BCUT2D eigenvalue weighted by molar-refractivity contribution is 0.590. The standard InChI is InChI=1S/C22H20ClN5/c1-22(2,3)16-10-8-14(9-11-16)19-21(26-18-7-5-4-6-17(18)23)28-20(27-19)15(12-24)13-25-28/h4-11,13,25-26H,1-3H3. The molecule has 0 atom stereocenters. The smallest absolute Gasteiger partial charge is 0.173 e. The van der Waals surface area contributed by atoms with Gasteiger partial charge in [0.05, 0.1) is 10.7 Å². The van der Waals surface area contributed by atoms with Crippen molar-refractivity contribution < 1.29 is 0 Å². The van der Waals surface area contributed by atoms with Crippen molar-refractivity contribution in [2.75, 3.05) is 5.32 Å². The van der Waals surface area contributed by atoms with Gasteiger partial charge in [0.25, 0.3) is 0 Å². The number of nitrogens with zero attached hydrogens (tertiary/aromatic N) is 3. The predicted molar refractivity (Wildman–Crippen MR) is 113 cm³/mol. The minimum absolute atomic E-state index is 0.0748. The van der Waals surface area contributed by atoms with Crippen LogP contribution in [0.2, 0.25) is 5.02 Å². The number of halogens is 1. The van der Waals surface area contributed by atoms with E-state index in [4.69, 9.17) is 16.6 Å². The van der Waals surface area contributed by atoms with Crippen LogP contribution in [0.1, 0.15) is 31.9 Å². The zero-order valence-corrected chi connectivity index (χ0v) is 16.7. The Morgan fingerprint density at radius 1 is 1.11 bits per heavy atom. The van der Waals surface area contributed by atoms with Crippen molar-refractivity contribution >= 4 is 28.8 Å². The number of H-pyrrole nitrogens is 1. The summed E-state index contributed by atoms with van der Waals surface area (Å²) in [5.74, 6) is 0.730. The maximum absolute atomic E-state index is 9.39. The van der Waals surface area contributed by atoms with Crippen LogP contribution in [0.5, 0.6) is 0 Å². The van der Waals surface area contributed by atoms with E-state index < -0.39 is 0 Å². The molecular weight excluding hydrogens is 370 g/mol. The number of nitriles is 1.